The van der Waals surface area contributed by atoms with Crippen molar-refractivity contribution in [2.75, 3.05) is 44.8 Å². The molecule has 0 saturated carbocycles. The van der Waals surface area contributed by atoms with Crippen LogP contribution in [0.1, 0.15) is 32.3 Å². The van der Waals surface area contributed by atoms with E-state index in [0.717, 1.165) is 16.1 Å². The van der Waals surface area contributed by atoms with E-state index in [2.05, 4.69) is 10.0 Å². The number of benzene rings is 2. The molecule has 45 heavy (non-hydrogen) atoms. The van der Waals surface area contributed by atoms with E-state index in [-0.39, 0.29) is 49.2 Å². The summed E-state index contributed by atoms with van der Waals surface area (Å²) in [4.78, 5) is 13.1. The second-order valence-electron chi connectivity index (χ2n) is 12.4. The molecule has 0 bridgehead atoms. The van der Waals surface area contributed by atoms with Crippen LogP contribution >= 0.6 is 0 Å². The van der Waals surface area contributed by atoms with Crippen LogP contribution in [0.3, 0.4) is 0 Å². The van der Waals surface area contributed by atoms with Crippen molar-refractivity contribution in [2.24, 2.45) is 11.3 Å². The number of fused-ring (bicyclic) bond motifs is 1. The Kier molecular flexibility index (Phi) is 11.5. The number of aliphatic hydroxyl groups excluding tert-OH is 1. The van der Waals surface area contributed by atoms with Crippen molar-refractivity contribution in [3.05, 3.63) is 60.2 Å². The maximum Gasteiger partial charge on any atom is 0.407 e. The number of aliphatic hydroxyl groups is 1. The van der Waals surface area contributed by atoms with Gasteiger partial charge in [-0.1, -0.05) is 50.2 Å². The summed E-state index contributed by atoms with van der Waals surface area (Å²) < 4.78 is 71.6. The molecule has 2 aromatic rings. The van der Waals surface area contributed by atoms with Crippen molar-refractivity contribution >= 4 is 31.8 Å². The molecule has 15 heteroatoms. The number of carbonyl (C=O) groups excluding carboxylic acids is 1. The van der Waals surface area contributed by atoms with Gasteiger partial charge in [0.25, 0.3) is 0 Å². The molecule has 4 rings (SSSR count). The highest BCUT2D eigenvalue weighted by Gasteiger charge is 2.44. The highest BCUT2D eigenvalue weighted by molar-refractivity contribution is 7.89. The highest BCUT2D eigenvalue weighted by Crippen LogP contribution is 2.33. The lowest BCUT2D eigenvalue weighted by molar-refractivity contribution is -0.0907. The maximum absolute atomic E-state index is 14.0. The summed E-state index contributed by atoms with van der Waals surface area (Å²) in [5, 5.41) is 14.4. The van der Waals surface area contributed by atoms with E-state index in [0.29, 0.717) is 19.4 Å². The van der Waals surface area contributed by atoms with Crippen molar-refractivity contribution in [3.8, 4) is 0 Å². The predicted molar refractivity (Wildman–Crippen MR) is 168 cm³/mol. The first kappa shape index (κ1) is 35.1. The van der Waals surface area contributed by atoms with Crippen LogP contribution in [0.4, 0.5) is 10.5 Å². The Bertz CT molecular complexity index is 1510. The lowest BCUT2D eigenvalue weighted by Gasteiger charge is -2.35. The molecule has 2 heterocycles. The number of ether oxygens (including phenoxy) is 3. The van der Waals surface area contributed by atoms with Gasteiger partial charge in [0.15, 0.2) is 6.29 Å². The summed E-state index contributed by atoms with van der Waals surface area (Å²) in [7, 11) is -7.63. The summed E-state index contributed by atoms with van der Waals surface area (Å²) in [6, 6.07) is 14.1. The minimum absolute atomic E-state index is 0.0543. The first-order valence-electron chi connectivity index (χ1n) is 14.9. The Morgan fingerprint density at radius 1 is 1.13 bits per heavy atom. The maximum atomic E-state index is 14.0. The number of carbonyl (C=O) groups is 1. The summed E-state index contributed by atoms with van der Waals surface area (Å²) in [6.45, 7) is 4.01. The molecule has 0 aromatic heterocycles. The SMILES string of the molecule is CC(C)(CCNS(C)(=O)=O)CN(C[C@@H](O)[C@H](Cc1ccccc1)NC(=O)O[C@H]1CO[C@H]2OCC[C@H]21)S(=O)(=O)c1cccc(N)c1. The summed E-state index contributed by atoms with van der Waals surface area (Å²) in [5.41, 5.74) is 6.26. The van der Waals surface area contributed by atoms with E-state index < -0.39 is 56.1 Å². The first-order valence-corrected chi connectivity index (χ1v) is 18.2. The number of nitrogens with one attached hydrogen (secondary N) is 2. The van der Waals surface area contributed by atoms with E-state index in [1.54, 1.807) is 6.07 Å². The molecule has 0 unspecified atom stereocenters. The molecule has 2 fully saturated rings. The van der Waals surface area contributed by atoms with Crippen LogP contribution in [0.15, 0.2) is 59.5 Å². The van der Waals surface area contributed by atoms with Crippen molar-refractivity contribution in [3.63, 3.8) is 0 Å². The van der Waals surface area contributed by atoms with Crippen LogP contribution in [-0.4, -0.2) is 96.0 Å². The number of nitrogen functional groups attached to an aromatic ring is 1. The lowest BCUT2D eigenvalue weighted by atomic mass is 9.89. The zero-order chi connectivity index (χ0) is 32.8. The van der Waals surface area contributed by atoms with Crippen LogP contribution in [0.5, 0.6) is 0 Å². The minimum atomic E-state index is -4.19. The van der Waals surface area contributed by atoms with Gasteiger partial charge in [-0.15, -0.1) is 0 Å². The number of amides is 1. The van der Waals surface area contributed by atoms with Gasteiger partial charge in [0.2, 0.25) is 20.0 Å². The van der Waals surface area contributed by atoms with E-state index in [4.69, 9.17) is 19.9 Å². The summed E-state index contributed by atoms with van der Waals surface area (Å²) in [5.74, 6) is -0.0772. The monoisotopic (exact) mass is 668 g/mol. The number of anilines is 1. The molecule has 13 nitrogen and oxygen atoms in total. The molecular weight excluding hydrogens is 624 g/mol. The molecule has 250 valence electrons. The number of alkyl carbamates (subject to hydrolysis) is 1. The number of sulfonamides is 2. The third kappa shape index (κ3) is 10.1. The second-order valence-corrected chi connectivity index (χ2v) is 16.2. The Morgan fingerprint density at radius 2 is 1.87 bits per heavy atom. The smallest absolute Gasteiger partial charge is 0.407 e. The number of hydrogen-bond acceptors (Lipinski definition) is 10. The Balaban J connectivity index is 1.56. The zero-order valence-corrected chi connectivity index (χ0v) is 27.4. The van der Waals surface area contributed by atoms with Gasteiger partial charge in [0.05, 0.1) is 42.4 Å². The predicted octanol–water partition coefficient (Wildman–Crippen LogP) is 1.68. The number of hydrogen-bond donors (Lipinski definition) is 4. The molecule has 2 saturated heterocycles. The third-order valence-corrected chi connectivity index (χ3v) is 10.5. The van der Waals surface area contributed by atoms with Gasteiger partial charge in [0.1, 0.15) is 6.10 Å². The van der Waals surface area contributed by atoms with E-state index >= 15 is 0 Å². The molecule has 2 aliphatic heterocycles. The van der Waals surface area contributed by atoms with Crippen molar-refractivity contribution in [1.29, 1.82) is 0 Å². The molecule has 0 spiro atoms. The highest BCUT2D eigenvalue weighted by atomic mass is 32.2. The molecule has 0 aliphatic carbocycles. The van der Waals surface area contributed by atoms with Crippen LogP contribution < -0.4 is 15.8 Å². The number of nitrogens with zero attached hydrogens (tertiary/aromatic N) is 1. The van der Waals surface area contributed by atoms with Gasteiger partial charge in [-0.25, -0.2) is 26.4 Å². The fourth-order valence-corrected chi connectivity index (χ4v) is 7.74. The van der Waals surface area contributed by atoms with Gasteiger partial charge in [-0.05, 0) is 48.4 Å². The average Bonchev–Trinajstić information content (AvgIpc) is 3.57. The Morgan fingerprint density at radius 3 is 2.56 bits per heavy atom. The second kappa shape index (κ2) is 14.8. The molecule has 2 aliphatic rings. The van der Waals surface area contributed by atoms with Crippen LogP contribution in [0, 0.1) is 11.3 Å². The van der Waals surface area contributed by atoms with E-state index in [1.807, 2.05) is 44.2 Å². The number of rotatable bonds is 15. The molecule has 1 amide bonds. The van der Waals surface area contributed by atoms with Crippen LogP contribution in [0.2, 0.25) is 0 Å². The fourth-order valence-electron chi connectivity index (χ4n) is 5.56. The van der Waals surface area contributed by atoms with Crippen LogP contribution in [0.25, 0.3) is 0 Å². The normalized spacial score (nSPS) is 21.8. The Labute approximate surface area is 265 Å². The largest absolute Gasteiger partial charge is 0.443 e. The summed E-state index contributed by atoms with van der Waals surface area (Å²) >= 11 is 0. The standard InChI is InChI=1S/C30H44N4O9S2/c1-30(2,13-14-32-44(3,37)38)20-34(45(39,40)23-11-7-10-22(31)17-23)18-26(35)25(16-21-8-5-4-6-9-21)33-29(36)43-27-19-42-28-24(27)12-15-41-28/h4-11,17,24-28,32,35H,12-16,18-20,31H2,1-3H3,(H,33,36)/t24-,25-,26+,27-,28+/m0/s1. The van der Waals surface area contributed by atoms with Gasteiger partial charge >= 0.3 is 6.09 Å². The van der Waals surface area contributed by atoms with Crippen molar-refractivity contribution in [1.82, 2.24) is 14.3 Å². The molecule has 5 N–H and O–H groups in total. The molecular formula is C30H44N4O9S2. The van der Waals surface area contributed by atoms with Gasteiger partial charge in [0, 0.05) is 25.3 Å². The zero-order valence-electron chi connectivity index (χ0n) is 25.8. The lowest BCUT2D eigenvalue weighted by Crippen LogP contribution is -2.52. The topological polar surface area (TPSA) is 187 Å². The number of nitrogens with two attached hydrogens (primary N) is 1. The van der Waals surface area contributed by atoms with E-state index in [9.17, 15) is 26.7 Å². The minimum Gasteiger partial charge on any atom is -0.443 e. The van der Waals surface area contributed by atoms with E-state index in [1.165, 1.54) is 18.2 Å². The molecule has 2 aromatic carbocycles. The van der Waals surface area contributed by atoms with Crippen molar-refractivity contribution in [2.45, 2.75) is 62.5 Å². The quantitative estimate of drug-likeness (QED) is 0.204. The molecule has 0 radical (unpaired) electrons. The van der Waals surface area contributed by atoms with Crippen LogP contribution in [-0.2, 0) is 40.7 Å². The summed E-state index contributed by atoms with van der Waals surface area (Å²) in [6.07, 6.45) is -0.769. The van der Waals surface area contributed by atoms with Gasteiger partial charge in [-0.3, -0.25) is 0 Å². The Hall–Kier alpha value is -2.79. The van der Waals surface area contributed by atoms with Gasteiger partial charge < -0.3 is 30.4 Å². The third-order valence-electron chi connectivity index (χ3n) is 7.97. The van der Waals surface area contributed by atoms with Gasteiger partial charge in [-0.2, -0.15) is 4.31 Å². The first-order chi connectivity index (χ1) is 21.1. The average molecular weight is 669 g/mol. The fraction of sp³-hybridized carbons (Fsp3) is 0.567. The molecule has 5 atom stereocenters. The van der Waals surface area contributed by atoms with Crippen molar-refractivity contribution < 1.29 is 40.9 Å².